The predicted molar refractivity (Wildman–Crippen MR) is 181 cm³/mol. The molecule has 4 N–H and O–H groups in total. The van der Waals surface area contributed by atoms with E-state index in [9.17, 15) is 34.7 Å². The van der Waals surface area contributed by atoms with Gasteiger partial charge in [-0.15, -0.1) is 0 Å². The van der Waals surface area contributed by atoms with Crippen LogP contribution in [0.1, 0.15) is 64.3 Å². The maximum atomic E-state index is 14.4. The first kappa shape index (κ1) is 37.9. The van der Waals surface area contributed by atoms with Gasteiger partial charge in [0, 0.05) is 18.4 Å². The Balaban J connectivity index is 2.09. The summed E-state index contributed by atoms with van der Waals surface area (Å²) in [6, 6.07) is 18.4. The number of ether oxygens (including phenoxy) is 2. The van der Waals surface area contributed by atoms with E-state index in [2.05, 4.69) is 10.6 Å². The van der Waals surface area contributed by atoms with Crippen LogP contribution in [0.25, 0.3) is 0 Å². The van der Waals surface area contributed by atoms with Crippen LogP contribution in [-0.4, -0.2) is 68.8 Å². The minimum Gasteiger partial charge on any atom is -0.508 e. The zero-order valence-corrected chi connectivity index (χ0v) is 28.6. The number of amides is 3. The van der Waals surface area contributed by atoms with Crippen molar-refractivity contribution in [3.05, 3.63) is 95.6 Å². The van der Waals surface area contributed by atoms with Gasteiger partial charge in [0.15, 0.2) is 0 Å². The van der Waals surface area contributed by atoms with Crippen LogP contribution in [0.3, 0.4) is 0 Å². The molecule has 3 amide bonds. The fourth-order valence-electron chi connectivity index (χ4n) is 4.93. The monoisotopic (exact) mass is 672 g/mol. The van der Waals surface area contributed by atoms with Crippen molar-refractivity contribution in [2.24, 2.45) is 0 Å². The number of hydrogen-bond donors (Lipinski definition) is 4. The molecule has 0 aliphatic heterocycles. The smallest absolute Gasteiger partial charge is 0.408 e. The third kappa shape index (κ3) is 11.9. The van der Waals surface area contributed by atoms with E-state index in [-0.39, 0.29) is 29.9 Å². The van der Waals surface area contributed by atoms with Crippen LogP contribution < -0.4 is 10.6 Å². The van der Waals surface area contributed by atoms with Gasteiger partial charge in [0.25, 0.3) is 0 Å². The first-order chi connectivity index (χ1) is 23.0. The molecule has 49 heavy (non-hydrogen) atoms. The van der Waals surface area contributed by atoms with Crippen LogP contribution in [0.2, 0.25) is 0 Å². The van der Waals surface area contributed by atoms with Gasteiger partial charge in [-0.3, -0.25) is 9.59 Å². The molecule has 3 aromatic rings. The molecule has 0 saturated heterocycles. The number of esters is 1. The van der Waals surface area contributed by atoms with Gasteiger partial charge in [-0.25, -0.2) is 9.59 Å². The second-order valence-electron chi connectivity index (χ2n) is 13.4. The number of nitriles is 1. The Hall–Kier alpha value is -5.57. The third-order valence-electron chi connectivity index (χ3n) is 6.97. The molecule has 3 atom stereocenters. The van der Waals surface area contributed by atoms with E-state index in [1.165, 1.54) is 30.3 Å². The summed E-state index contributed by atoms with van der Waals surface area (Å²) in [6.45, 7) is 9.40. The molecule has 12 nitrogen and oxygen atoms in total. The van der Waals surface area contributed by atoms with Gasteiger partial charge in [-0.2, -0.15) is 5.26 Å². The van der Waals surface area contributed by atoms with Crippen LogP contribution in [0.15, 0.2) is 78.9 Å². The quantitative estimate of drug-likeness (QED) is 0.157. The summed E-state index contributed by atoms with van der Waals surface area (Å²) in [5, 5.41) is 35.9. The average molecular weight is 673 g/mol. The van der Waals surface area contributed by atoms with Crippen LogP contribution in [0.4, 0.5) is 4.79 Å². The number of nitrogens with one attached hydrogen (secondary N) is 2. The highest BCUT2D eigenvalue weighted by atomic mass is 16.6. The van der Waals surface area contributed by atoms with Crippen molar-refractivity contribution in [1.29, 1.82) is 5.26 Å². The van der Waals surface area contributed by atoms with Gasteiger partial charge in [0.05, 0.1) is 6.07 Å². The third-order valence-corrected chi connectivity index (χ3v) is 6.97. The standard InChI is InChI=1S/C37H44N4O8/c1-36(2,3)48-34(46)29(23-24-12-8-7-9-13-24)39-32(44)31(27-14-10-11-15-30(27)43)41(21-20-38)33(45)28(40-35(47)49-37(4,5)6)22-25-16-18-26(42)19-17-25/h7-19,28-29,31,42-43H,21-23H2,1-6H3,(H,39,44)(H,40,47). The summed E-state index contributed by atoms with van der Waals surface area (Å²) < 4.78 is 11.0. The van der Waals surface area contributed by atoms with E-state index in [0.717, 1.165) is 10.5 Å². The van der Waals surface area contributed by atoms with Crippen molar-refractivity contribution < 1.29 is 38.9 Å². The van der Waals surface area contributed by atoms with Gasteiger partial charge >= 0.3 is 12.1 Å². The highest BCUT2D eigenvalue weighted by Gasteiger charge is 2.39. The zero-order valence-electron chi connectivity index (χ0n) is 28.6. The molecule has 3 unspecified atom stereocenters. The fraction of sp³-hybridized carbons (Fsp3) is 0.378. The maximum Gasteiger partial charge on any atom is 0.408 e. The minimum absolute atomic E-state index is 0.0100. The lowest BCUT2D eigenvalue weighted by Crippen LogP contribution is -2.55. The van der Waals surface area contributed by atoms with Crippen LogP contribution >= 0.6 is 0 Å². The van der Waals surface area contributed by atoms with Crippen LogP contribution in [0.5, 0.6) is 11.5 Å². The van der Waals surface area contributed by atoms with Gasteiger partial charge in [0.2, 0.25) is 11.8 Å². The maximum absolute atomic E-state index is 14.4. The number of nitrogens with zero attached hydrogens (tertiary/aromatic N) is 2. The first-order valence-corrected chi connectivity index (χ1v) is 15.8. The highest BCUT2D eigenvalue weighted by molar-refractivity contribution is 5.94. The molecule has 0 saturated carbocycles. The summed E-state index contributed by atoms with van der Waals surface area (Å²) in [6.07, 6.45) is -0.979. The van der Waals surface area contributed by atoms with Crippen LogP contribution in [-0.2, 0) is 36.7 Å². The van der Waals surface area contributed by atoms with Crippen LogP contribution in [0, 0.1) is 11.3 Å². The van der Waals surface area contributed by atoms with Crippen molar-refractivity contribution in [2.45, 2.75) is 83.7 Å². The van der Waals surface area contributed by atoms with E-state index in [1.54, 1.807) is 84.0 Å². The number of carbonyl (C=O) groups excluding carboxylic acids is 4. The van der Waals surface area contributed by atoms with Crippen molar-refractivity contribution in [1.82, 2.24) is 15.5 Å². The molecule has 0 bridgehead atoms. The van der Waals surface area contributed by atoms with Crippen molar-refractivity contribution in [3.63, 3.8) is 0 Å². The molecule has 3 rings (SSSR count). The number of rotatable bonds is 12. The molecular formula is C37H44N4O8. The van der Waals surface area contributed by atoms with Gasteiger partial charge < -0.3 is 35.2 Å². The van der Waals surface area contributed by atoms with Gasteiger partial charge in [-0.1, -0.05) is 60.7 Å². The number of phenols is 2. The predicted octanol–water partition coefficient (Wildman–Crippen LogP) is 4.70. The van der Waals surface area contributed by atoms with E-state index >= 15 is 0 Å². The van der Waals surface area contributed by atoms with E-state index < -0.39 is 59.7 Å². The number of phenolic OH excluding ortho intramolecular Hbond substituents is 2. The Morgan fingerprint density at radius 3 is 1.88 bits per heavy atom. The van der Waals surface area contributed by atoms with Gasteiger partial charge in [0.1, 0.15) is 47.4 Å². The second kappa shape index (κ2) is 16.5. The molecule has 0 aliphatic rings. The largest absolute Gasteiger partial charge is 0.508 e. The molecule has 3 aromatic carbocycles. The Morgan fingerprint density at radius 1 is 0.755 bits per heavy atom. The lowest BCUT2D eigenvalue weighted by atomic mass is 9.98. The normalized spacial score (nSPS) is 13.2. The molecule has 0 spiro atoms. The summed E-state index contributed by atoms with van der Waals surface area (Å²) in [5.74, 6) is -2.80. The van der Waals surface area contributed by atoms with Crippen molar-refractivity contribution in [3.8, 4) is 17.6 Å². The van der Waals surface area contributed by atoms with E-state index in [1.807, 2.05) is 12.1 Å². The average Bonchev–Trinajstić information content (AvgIpc) is 3.00. The van der Waals surface area contributed by atoms with E-state index in [4.69, 9.17) is 9.47 Å². The number of para-hydroxylation sites is 1. The van der Waals surface area contributed by atoms with E-state index in [0.29, 0.717) is 5.56 Å². The number of hydrogen-bond acceptors (Lipinski definition) is 9. The molecular weight excluding hydrogens is 628 g/mol. The van der Waals surface area contributed by atoms with Gasteiger partial charge in [-0.05, 0) is 70.9 Å². The van der Waals surface area contributed by atoms with Crippen molar-refractivity contribution >= 4 is 23.9 Å². The Labute approximate surface area is 286 Å². The Morgan fingerprint density at radius 2 is 1.31 bits per heavy atom. The molecule has 0 aromatic heterocycles. The molecule has 12 heteroatoms. The number of benzene rings is 3. The Kier molecular flexibility index (Phi) is 12.8. The number of carbonyl (C=O) groups is 4. The lowest BCUT2D eigenvalue weighted by Gasteiger charge is -2.34. The molecule has 0 heterocycles. The molecule has 0 aliphatic carbocycles. The highest BCUT2D eigenvalue weighted by Crippen LogP contribution is 2.30. The molecule has 0 radical (unpaired) electrons. The first-order valence-electron chi connectivity index (χ1n) is 15.8. The SMILES string of the molecule is CC(C)(C)OC(=O)NC(Cc1ccc(O)cc1)C(=O)N(CC#N)C(C(=O)NC(Cc1ccccc1)C(=O)OC(C)(C)C)c1ccccc1O. The summed E-state index contributed by atoms with van der Waals surface area (Å²) in [5.41, 5.74) is -0.549. The topological polar surface area (TPSA) is 178 Å². The molecule has 0 fully saturated rings. The number of aromatic hydroxyl groups is 2. The summed E-state index contributed by atoms with van der Waals surface area (Å²) in [4.78, 5) is 56.1. The summed E-state index contributed by atoms with van der Waals surface area (Å²) >= 11 is 0. The Bertz CT molecular complexity index is 1640. The number of alkyl carbamates (subject to hydrolysis) is 1. The lowest BCUT2D eigenvalue weighted by molar-refractivity contribution is -0.159. The summed E-state index contributed by atoms with van der Waals surface area (Å²) in [7, 11) is 0. The second-order valence-corrected chi connectivity index (χ2v) is 13.4. The fourth-order valence-corrected chi connectivity index (χ4v) is 4.93. The molecule has 260 valence electrons. The minimum atomic E-state index is -1.63. The van der Waals surface area contributed by atoms with Crippen molar-refractivity contribution in [2.75, 3.05) is 6.54 Å². The zero-order chi connectivity index (χ0) is 36.4.